The molecule has 1 fully saturated rings. The summed E-state index contributed by atoms with van der Waals surface area (Å²) in [4.78, 5) is 26.4. The number of rotatable bonds is 4. The van der Waals surface area contributed by atoms with Gasteiger partial charge in [0.05, 0.1) is 0 Å². The highest BCUT2D eigenvalue weighted by Gasteiger charge is 2.37. The van der Waals surface area contributed by atoms with Gasteiger partial charge in [0.2, 0.25) is 11.8 Å². The number of benzene rings is 1. The monoisotopic (exact) mass is 288 g/mol. The van der Waals surface area contributed by atoms with Crippen molar-refractivity contribution in [2.45, 2.75) is 34.1 Å². The molecule has 1 heterocycles. The molecule has 2 rings (SSSR count). The van der Waals surface area contributed by atoms with Crippen LogP contribution in [-0.4, -0.2) is 24.9 Å². The molecule has 0 saturated carbocycles. The van der Waals surface area contributed by atoms with E-state index in [4.69, 9.17) is 0 Å². The van der Waals surface area contributed by atoms with Crippen molar-refractivity contribution in [1.82, 2.24) is 5.32 Å². The van der Waals surface area contributed by atoms with Crippen LogP contribution in [0.15, 0.2) is 18.2 Å². The molecular weight excluding hydrogens is 264 g/mol. The van der Waals surface area contributed by atoms with E-state index in [0.717, 1.165) is 16.8 Å². The molecule has 1 N–H and O–H groups in total. The van der Waals surface area contributed by atoms with Gasteiger partial charge >= 0.3 is 0 Å². The molecule has 0 aliphatic carbocycles. The molecule has 1 aromatic carbocycles. The molecule has 2 amide bonds. The maximum atomic E-state index is 12.5. The smallest absolute Gasteiger partial charge is 0.239 e. The summed E-state index contributed by atoms with van der Waals surface area (Å²) in [6, 6.07) is 5.94. The number of nitrogens with one attached hydrogen (secondary N) is 1. The van der Waals surface area contributed by atoms with Crippen LogP contribution < -0.4 is 10.2 Å². The van der Waals surface area contributed by atoms with Crippen LogP contribution in [0.5, 0.6) is 0 Å². The molecule has 21 heavy (non-hydrogen) atoms. The molecule has 4 heteroatoms. The first-order chi connectivity index (χ1) is 9.91. The van der Waals surface area contributed by atoms with Crippen molar-refractivity contribution >= 4 is 17.5 Å². The second-order valence-electron chi connectivity index (χ2n) is 6.19. The van der Waals surface area contributed by atoms with Gasteiger partial charge in [0.1, 0.15) is 5.92 Å². The van der Waals surface area contributed by atoms with E-state index in [2.05, 4.69) is 5.32 Å². The summed E-state index contributed by atoms with van der Waals surface area (Å²) in [6.07, 6.45) is 0.593. The van der Waals surface area contributed by atoms with E-state index in [-0.39, 0.29) is 11.8 Å². The Kier molecular flexibility index (Phi) is 4.66. The lowest BCUT2D eigenvalue weighted by molar-refractivity contribution is -0.132. The van der Waals surface area contributed by atoms with E-state index in [0.29, 0.717) is 25.4 Å². The van der Waals surface area contributed by atoms with Crippen molar-refractivity contribution in [1.29, 1.82) is 0 Å². The maximum Gasteiger partial charge on any atom is 0.239 e. The third-order valence-corrected chi connectivity index (χ3v) is 4.07. The first-order valence-electron chi connectivity index (χ1n) is 7.57. The van der Waals surface area contributed by atoms with Crippen LogP contribution in [-0.2, 0) is 9.59 Å². The zero-order chi connectivity index (χ0) is 15.6. The van der Waals surface area contributed by atoms with Gasteiger partial charge in [-0.3, -0.25) is 9.59 Å². The Balaban J connectivity index is 2.11. The number of hydrogen-bond acceptors (Lipinski definition) is 2. The molecule has 0 radical (unpaired) electrons. The Hall–Kier alpha value is -1.84. The molecule has 114 valence electrons. The summed E-state index contributed by atoms with van der Waals surface area (Å²) in [5.74, 6) is -0.365. The summed E-state index contributed by atoms with van der Waals surface area (Å²) < 4.78 is 0. The Morgan fingerprint density at radius 1 is 1.38 bits per heavy atom. The van der Waals surface area contributed by atoms with Crippen molar-refractivity contribution in [3.8, 4) is 0 Å². The lowest BCUT2D eigenvalue weighted by Gasteiger charge is -2.20. The van der Waals surface area contributed by atoms with Crippen LogP contribution in [0.25, 0.3) is 0 Å². The molecule has 1 atom stereocenters. The van der Waals surface area contributed by atoms with E-state index in [1.165, 1.54) is 0 Å². The van der Waals surface area contributed by atoms with Crippen molar-refractivity contribution in [3.63, 3.8) is 0 Å². The Morgan fingerprint density at radius 3 is 2.76 bits per heavy atom. The largest absolute Gasteiger partial charge is 0.355 e. The zero-order valence-corrected chi connectivity index (χ0v) is 13.3. The fourth-order valence-corrected chi connectivity index (χ4v) is 2.62. The SMILES string of the molecule is Cc1cccc(N2CCC(C(=O)NCC(C)C)C2=O)c1C. The number of aryl methyl sites for hydroxylation is 1. The van der Waals surface area contributed by atoms with Crippen molar-refractivity contribution in [3.05, 3.63) is 29.3 Å². The third-order valence-electron chi connectivity index (χ3n) is 4.07. The highest BCUT2D eigenvalue weighted by Crippen LogP contribution is 2.29. The number of carbonyl (C=O) groups excluding carboxylic acids is 2. The Bertz CT molecular complexity index is 552. The standard InChI is InChI=1S/C17H24N2O2/c1-11(2)10-18-16(20)14-8-9-19(17(14)21)15-7-5-6-12(3)13(15)4/h5-7,11,14H,8-10H2,1-4H3,(H,18,20). The summed E-state index contributed by atoms with van der Waals surface area (Å²) >= 11 is 0. The quantitative estimate of drug-likeness (QED) is 0.865. The number of anilines is 1. The van der Waals surface area contributed by atoms with Gasteiger partial charge in [-0.2, -0.15) is 0 Å². The minimum Gasteiger partial charge on any atom is -0.355 e. The van der Waals surface area contributed by atoms with Gasteiger partial charge in [-0.25, -0.2) is 0 Å². The second-order valence-corrected chi connectivity index (χ2v) is 6.19. The maximum absolute atomic E-state index is 12.5. The average molecular weight is 288 g/mol. The second kappa shape index (κ2) is 6.29. The lowest BCUT2D eigenvalue weighted by Crippen LogP contribution is -2.38. The van der Waals surface area contributed by atoms with Crippen molar-refractivity contribution in [2.24, 2.45) is 11.8 Å². The van der Waals surface area contributed by atoms with E-state index < -0.39 is 5.92 Å². The van der Waals surface area contributed by atoms with Gasteiger partial charge in [0.15, 0.2) is 0 Å². The fraction of sp³-hybridized carbons (Fsp3) is 0.529. The van der Waals surface area contributed by atoms with E-state index >= 15 is 0 Å². The summed E-state index contributed by atoms with van der Waals surface area (Å²) in [5.41, 5.74) is 3.20. The summed E-state index contributed by atoms with van der Waals surface area (Å²) in [5, 5.41) is 2.87. The van der Waals surface area contributed by atoms with Gasteiger partial charge in [0, 0.05) is 18.8 Å². The van der Waals surface area contributed by atoms with Crippen LogP contribution in [0.1, 0.15) is 31.4 Å². The molecule has 0 aromatic heterocycles. The normalized spacial score (nSPS) is 18.4. The van der Waals surface area contributed by atoms with Gasteiger partial charge < -0.3 is 10.2 Å². The van der Waals surface area contributed by atoms with Crippen LogP contribution in [0.4, 0.5) is 5.69 Å². The number of hydrogen-bond donors (Lipinski definition) is 1. The highest BCUT2D eigenvalue weighted by molar-refractivity contribution is 6.09. The predicted octanol–water partition coefficient (Wildman–Crippen LogP) is 2.43. The zero-order valence-electron chi connectivity index (χ0n) is 13.3. The minimum atomic E-state index is -0.538. The first kappa shape index (κ1) is 15.5. The van der Waals surface area contributed by atoms with Gasteiger partial charge in [-0.15, -0.1) is 0 Å². The highest BCUT2D eigenvalue weighted by atomic mass is 16.2. The van der Waals surface area contributed by atoms with Crippen molar-refractivity contribution < 1.29 is 9.59 Å². The molecule has 1 aliphatic rings. The average Bonchev–Trinajstić information content (AvgIpc) is 2.81. The minimum absolute atomic E-state index is 0.0787. The lowest BCUT2D eigenvalue weighted by atomic mass is 10.1. The molecule has 0 spiro atoms. The summed E-state index contributed by atoms with van der Waals surface area (Å²) in [7, 11) is 0. The fourth-order valence-electron chi connectivity index (χ4n) is 2.62. The van der Waals surface area contributed by atoms with Gasteiger partial charge in [-0.05, 0) is 43.4 Å². The van der Waals surface area contributed by atoms with Crippen LogP contribution in [0, 0.1) is 25.7 Å². The topological polar surface area (TPSA) is 49.4 Å². The number of carbonyl (C=O) groups is 2. The van der Waals surface area contributed by atoms with Gasteiger partial charge in [-0.1, -0.05) is 26.0 Å². The Labute approximate surface area is 126 Å². The van der Waals surface area contributed by atoms with Crippen LogP contribution in [0.3, 0.4) is 0 Å². The Morgan fingerprint density at radius 2 is 2.10 bits per heavy atom. The molecule has 1 saturated heterocycles. The molecule has 1 unspecified atom stereocenters. The van der Waals surface area contributed by atoms with E-state index in [1.54, 1.807) is 4.90 Å². The predicted molar refractivity (Wildman–Crippen MR) is 84.2 cm³/mol. The molecule has 4 nitrogen and oxygen atoms in total. The molecule has 1 aromatic rings. The van der Waals surface area contributed by atoms with Gasteiger partial charge in [0.25, 0.3) is 0 Å². The molecule has 1 aliphatic heterocycles. The van der Waals surface area contributed by atoms with Crippen LogP contribution in [0.2, 0.25) is 0 Å². The molecule has 0 bridgehead atoms. The van der Waals surface area contributed by atoms with E-state index in [9.17, 15) is 9.59 Å². The third kappa shape index (κ3) is 3.26. The van der Waals surface area contributed by atoms with E-state index in [1.807, 2.05) is 45.9 Å². The molecular formula is C17H24N2O2. The number of nitrogens with zero attached hydrogens (tertiary/aromatic N) is 1. The van der Waals surface area contributed by atoms with Crippen LogP contribution >= 0.6 is 0 Å². The first-order valence-corrected chi connectivity index (χ1v) is 7.57. The van der Waals surface area contributed by atoms with Crippen molar-refractivity contribution in [2.75, 3.05) is 18.0 Å². The number of amides is 2. The summed E-state index contributed by atoms with van der Waals surface area (Å²) in [6.45, 7) is 9.36.